The molecular formula is C15H21N5O4. The summed E-state index contributed by atoms with van der Waals surface area (Å²) in [6.45, 7) is 0.0337. The second-order valence-corrected chi connectivity index (χ2v) is 5.01. The highest BCUT2D eigenvalue weighted by Gasteiger charge is 2.14. The minimum Gasteiger partial charge on any atom is -0.548 e. The van der Waals surface area contributed by atoms with Gasteiger partial charge in [-0.2, -0.15) is 0 Å². The van der Waals surface area contributed by atoms with Crippen molar-refractivity contribution in [3.8, 4) is 0 Å². The molecule has 0 unspecified atom stereocenters. The predicted octanol–water partition coefficient (Wildman–Crippen LogP) is -4.21. The first-order chi connectivity index (χ1) is 11.4. The third-order valence-electron chi connectivity index (χ3n) is 3.06. The maximum Gasteiger partial charge on any atom is 0.338 e. The maximum absolute atomic E-state index is 11.8. The molecule has 0 aliphatic heterocycles. The normalized spacial score (nSPS) is 11.2. The van der Waals surface area contributed by atoms with E-state index in [1.165, 1.54) is 0 Å². The van der Waals surface area contributed by atoms with Crippen LogP contribution in [0.4, 0.5) is 0 Å². The molecule has 0 aliphatic carbocycles. The van der Waals surface area contributed by atoms with Crippen LogP contribution in [0, 0.1) is 0 Å². The summed E-state index contributed by atoms with van der Waals surface area (Å²) in [5.74, 6) is -2.41. The van der Waals surface area contributed by atoms with Gasteiger partial charge in [-0.3, -0.25) is 26.0 Å². The minimum absolute atomic E-state index is 0.0349. The van der Waals surface area contributed by atoms with Gasteiger partial charge in [-0.15, -0.1) is 0 Å². The van der Waals surface area contributed by atoms with E-state index in [2.05, 4.69) is 15.6 Å². The van der Waals surface area contributed by atoms with Crippen LogP contribution >= 0.6 is 0 Å². The molecule has 0 spiro atoms. The van der Waals surface area contributed by atoms with Crippen molar-refractivity contribution in [3.63, 3.8) is 0 Å². The van der Waals surface area contributed by atoms with Gasteiger partial charge < -0.3 is 20.5 Å². The van der Waals surface area contributed by atoms with Gasteiger partial charge in [-0.25, -0.2) is 0 Å². The molecule has 7 N–H and O–H groups in total. The van der Waals surface area contributed by atoms with E-state index in [1.54, 1.807) is 30.3 Å². The molecule has 2 amide bonds. The smallest absolute Gasteiger partial charge is 0.338 e. The highest BCUT2D eigenvalue weighted by molar-refractivity contribution is 5.96. The van der Waals surface area contributed by atoms with Crippen LogP contribution in [0.15, 0.2) is 30.3 Å². The van der Waals surface area contributed by atoms with Crippen molar-refractivity contribution in [1.82, 2.24) is 10.6 Å². The predicted molar refractivity (Wildman–Crippen MR) is 84.2 cm³/mol. The molecule has 0 saturated carbocycles. The molecule has 1 aromatic carbocycles. The number of carboxylic acid groups (broad SMARTS) is 1. The summed E-state index contributed by atoms with van der Waals surface area (Å²) in [5, 5.41) is 15.7. The Labute approximate surface area is 139 Å². The lowest BCUT2D eigenvalue weighted by molar-refractivity contribution is -0.459. The lowest BCUT2D eigenvalue weighted by Gasteiger charge is -2.19. The van der Waals surface area contributed by atoms with Crippen LogP contribution in [0.2, 0.25) is 0 Å². The summed E-state index contributed by atoms with van der Waals surface area (Å²) in [7, 11) is 0. The minimum atomic E-state index is -1.40. The monoisotopic (exact) mass is 335 g/mol. The van der Waals surface area contributed by atoms with Gasteiger partial charge in [-0.05, 0) is 25.0 Å². The van der Waals surface area contributed by atoms with E-state index >= 15 is 0 Å². The molecule has 9 heteroatoms. The number of rotatable bonds is 9. The molecule has 0 saturated heterocycles. The lowest BCUT2D eigenvalue weighted by atomic mass is 10.1. The topological polar surface area (TPSA) is 164 Å². The highest BCUT2D eigenvalue weighted by Crippen LogP contribution is 1.98. The summed E-state index contributed by atoms with van der Waals surface area (Å²) in [5.41, 5.74) is 10.8. The molecule has 9 nitrogen and oxygen atoms in total. The van der Waals surface area contributed by atoms with E-state index in [4.69, 9.17) is 11.5 Å². The largest absolute Gasteiger partial charge is 0.548 e. The van der Waals surface area contributed by atoms with Gasteiger partial charge in [0.15, 0.2) is 0 Å². The standard InChI is InChI=1S/C15H21N5O4/c16-15(17)18-8-4-7-11(14(23)24)20-12(21)9-19-13(22)10-5-2-1-3-6-10/h1-3,5-6,11H,4,7-9H2,(H,19,22)(H,20,21)(H,23,24)(H4,16,17,18)/t11-/m1/s1. The maximum atomic E-state index is 11.8. The molecule has 130 valence electrons. The molecule has 0 bridgehead atoms. The number of aliphatic carboxylic acids is 1. The van der Waals surface area contributed by atoms with Gasteiger partial charge >= 0.3 is 5.96 Å². The van der Waals surface area contributed by atoms with Crippen LogP contribution < -0.4 is 32.2 Å². The van der Waals surface area contributed by atoms with Gasteiger partial charge in [0.05, 0.1) is 25.1 Å². The Morgan fingerprint density at radius 1 is 1.17 bits per heavy atom. The second-order valence-electron chi connectivity index (χ2n) is 5.01. The molecule has 0 aromatic heterocycles. The van der Waals surface area contributed by atoms with E-state index < -0.39 is 23.8 Å². The van der Waals surface area contributed by atoms with Crippen molar-refractivity contribution in [2.24, 2.45) is 11.5 Å². The van der Waals surface area contributed by atoms with E-state index in [1.807, 2.05) is 0 Å². The fourth-order valence-electron chi connectivity index (χ4n) is 1.89. The van der Waals surface area contributed by atoms with Gasteiger partial charge in [0, 0.05) is 5.56 Å². The van der Waals surface area contributed by atoms with E-state index in [9.17, 15) is 19.5 Å². The van der Waals surface area contributed by atoms with E-state index in [0.717, 1.165) is 0 Å². The molecule has 1 aromatic rings. The van der Waals surface area contributed by atoms with Crippen LogP contribution in [0.1, 0.15) is 23.2 Å². The molecule has 1 atom stereocenters. The number of hydrogen-bond acceptors (Lipinski definition) is 4. The van der Waals surface area contributed by atoms with Gasteiger partial charge in [0.25, 0.3) is 5.91 Å². The van der Waals surface area contributed by atoms with Crippen molar-refractivity contribution < 1.29 is 24.5 Å². The van der Waals surface area contributed by atoms with Crippen LogP contribution in [0.3, 0.4) is 0 Å². The average molecular weight is 335 g/mol. The summed E-state index contributed by atoms with van der Waals surface area (Å²) < 4.78 is 0. The number of nitrogens with one attached hydrogen (secondary N) is 3. The summed E-state index contributed by atoms with van der Waals surface area (Å²) in [6.07, 6.45) is 0.550. The zero-order valence-corrected chi connectivity index (χ0v) is 13.1. The highest BCUT2D eigenvalue weighted by atomic mass is 16.4. The number of carbonyl (C=O) groups excluding carboxylic acids is 3. The Kier molecular flexibility index (Phi) is 7.76. The third kappa shape index (κ3) is 7.25. The quantitative estimate of drug-likeness (QED) is 0.174. The number of hydrogen-bond donors (Lipinski definition) is 5. The first-order valence-corrected chi connectivity index (χ1v) is 7.35. The Morgan fingerprint density at radius 3 is 2.42 bits per heavy atom. The van der Waals surface area contributed by atoms with Gasteiger partial charge in [-0.1, -0.05) is 18.2 Å². The van der Waals surface area contributed by atoms with Crippen molar-refractivity contribution in [2.75, 3.05) is 13.1 Å². The summed E-state index contributed by atoms with van der Waals surface area (Å²) >= 11 is 0. The van der Waals surface area contributed by atoms with Gasteiger partial charge in [0.1, 0.15) is 0 Å². The SMILES string of the molecule is NC(N)=[NH+]CCC[C@@H](NC(=O)CNC(=O)c1ccccc1)C(=O)[O-]. The zero-order valence-electron chi connectivity index (χ0n) is 13.1. The number of carboxylic acids is 1. The average Bonchev–Trinajstić information content (AvgIpc) is 2.55. The number of guanidine groups is 1. The van der Waals surface area contributed by atoms with Crippen molar-refractivity contribution in [2.45, 2.75) is 18.9 Å². The fourth-order valence-corrected chi connectivity index (χ4v) is 1.89. The number of nitrogens with two attached hydrogens (primary N) is 2. The summed E-state index contributed by atoms with van der Waals surface area (Å²) in [6, 6.07) is 7.20. The Morgan fingerprint density at radius 2 is 1.83 bits per heavy atom. The molecule has 0 heterocycles. The first kappa shape index (κ1) is 18.9. The summed E-state index contributed by atoms with van der Waals surface area (Å²) in [4.78, 5) is 37.2. The molecule has 1 rings (SSSR count). The Hall–Kier alpha value is -3.10. The van der Waals surface area contributed by atoms with E-state index in [-0.39, 0.29) is 18.9 Å². The lowest BCUT2D eigenvalue weighted by Crippen LogP contribution is -2.78. The van der Waals surface area contributed by atoms with Crippen LogP contribution in [0.5, 0.6) is 0 Å². The number of carbonyl (C=O) groups is 3. The van der Waals surface area contributed by atoms with Crippen LogP contribution in [-0.2, 0) is 9.59 Å². The number of benzene rings is 1. The molecule has 0 fully saturated rings. The van der Waals surface area contributed by atoms with Crippen molar-refractivity contribution >= 4 is 23.7 Å². The molecular weight excluding hydrogens is 314 g/mol. The fraction of sp³-hybridized carbons (Fsp3) is 0.333. The second kappa shape index (κ2) is 9.82. The van der Waals surface area contributed by atoms with Gasteiger partial charge in [0.2, 0.25) is 5.91 Å². The Balaban J connectivity index is 2.41. The zero-order chi connectivity index (χ0) is 17.9. The first-order valence-electron chi connectivity index (χ1n) is 7.35. The molecule has 0 aliphatic rings. The third-order valence-corrected chi connectivity index (χ3v) is 3.06. The van der Waals surface area contributed by atoms with Crippen LogP contribution in [-0.4, -0.2) is 42.9 Å². The van der Waals surface area contributed by atoms with Crippen molar-refractivity contribution in [3.05, 3.63) is 35.9 Å². The molecule has 0 radical (unpaired) electrons. The van der Waals surface area contributed by atoms with Crippen molar-refractivity contribution in [1.29, 1.82) is 0 Å². The molecule has 24 heavy (non-hydrogen) atoms. The van der Waals surface area contributed by atoms with Crippen LogP contribution in [0.25, 0.3) is 0 Å². The number of amides is 2. The Bertz CT molecular complexity index is 599. The van der Waals surface area contributed by atoms with E-state index in [0.29, 0.717) is 18.5 Å².